The Hall–Kier alpha value is -1.71. The van der Waals surface area contributed by atoms with Gasteiger partial charge in [-0.3, -0.25) is 0 Å². The predicted molar refractivity (Wildman–Crippen MR) is 50.6 cm³/mol. The molecule has 0 saturated carbocycles. The summed E-state index contributed by atoms with van der Waals surface area (Å²) in [4.78, 5) is 0. The topological polar surface area (TPSA) is 44.5 Å². The van der Waals surface area contributed by atoms with E-state index >= 15 is 0 Å². The van der Waals surface area contributed by atoms with E-state index in [1.807, 2.05) is 0 Å². The van der Waals surface area contributed by atoms with Crippen molar-refractivity contribution >= 4 is 0 Å². The van der Waals surface area contributed by atoms with Gasteiger partial charge in [0.1, 0.15) is 6.04 Å². The van der Waals surface area contributed by atoms with Crippen LogP contribution in [0.4, 0.5) is 30.7 Å². The quantitative estimate of drug-likeness (QED) is 0.853. The van der Waals surface area contributed by atoms with E-state index in [1.165, 1.54) is 0 Å². The molecule has 112 valence electrons. The van der Waals surface area contributed by atoms with Crippen molar-refractivity contribution in [3.8, 4) is 11.5 Å². The molecule has 1 heterocycles. The third kappa shape index (κ3) is 2.23. The zero-order chi connectivity index (χ0) is 15.3. The Morgan fingerprint density at radius 3 is 2.20 bits per heavy atom. The van der Waals surface area contributed by atoms with Crippen molar-refractivity contribution in [3.63, 3.8) is 0 Å². The second-order valence-corrected chi connectivity index (χ2v) is 3.94. The van der Waals surface area contributed by atoms with Gasteiger partial charge in [-0.25, -0.2) is 0 Å². The number of hydrogen-bond donors (Lipinski definition) is 1. The average molecular weight is 305 g/mol. The average Bonchev–Trinajstić information content (AvgIpc) is 2.59. The number of nitrogens with two attached hydrogens (primary N) is 1. The maximum atomic E-state index is 13.1. The van der Waals surface area contributed by atoms with Crippen LogP contribution in [0.3, 0.4) is 0 Å². The van der Waals surface area contributed by atoms with Crippen molar-refractivity contribution in [2.24, 2.45) is 5.73 Å². The van der Waals surface area contributed by atoms with E-state index in [1.54, 1.807) is 0 Å². The van der Waals surface area contributed by atoms with Gasteiger partial charge >= 0.3 is 18.4 Å². The van der Waals surface area contributed by atoms with Gasteiger partial charge in [0.15, 0.2) is 11.5 Å². The van der Waals surface area contributed by atoms with Crippen LogP contribution in [0.2, 0.25) is 0 Å². The van der Waals surface area contributed by atoms with Crippen LogP contribution in [-0.4, -0.2) is 18.4 Å². The smallest absolute Gasteiger partial charge is 0.395 e. The lowest BCUT2D eigenvalue weighted by Gasteiger charge is -2.26. The molecule has 0 fully saturated rings. The molecule has 0 aliphatic carbocycles. The van der Waals surface area contributed by atoms with Crippen LogP contribution < -0.4 is 15.2 Å². The summed E-state index contributed by atoms with van der Waals surface area (Å²) >= 11 is 0. The van der Waals surface area contributed by atoms with Crippen molar-refractivity contribution in [2.75, 3.05) is 0 Å². The highest BCUT2D eigenvalue weighted by molar-refractivity contribution is 5.50. The molecule has 1 aromatic carbocycles. The second-order valence-electron chi connectivity index (χ2n) is 3.94. The number of hydrogen-bond acceptors (Lipinski definition) is 3. The second kappa shape index (κ2) is 4.14. The number of para-hydroxylation sites is 1. The van der Waals surface area contributed by atoms with Gasteiger partial charge in [-0.15, -0.1) is 8.78 Å². The predicted octanol–water partition coefficient (Wildman–Crippen LogP) is 3.21. The SMILES string of the molecule is N[C@@H](c1cccc2c1OC(F)(F)O2)C(F)(F)C(F)(F)F. The van der Waals surface area contributed by atoms with Crippen LogP contribution in [0.5, 0.6) is 11.5 Å². The van der Waals surface area contributed by atoms with Gasteiger partial charge in [-0.1, -0.05) is 12.1 Å². The Kier molecular flexibility index (Phi) is 3.04. The molecule has 3 nitrogen and oxygen atoms in total. The highest BCUT2D eigenvalue weighted by Gasteiger charge is 2.62. The fourth-order valence-corrected chi connectivity index (χ4v) is 1.61. The molecule has 2 N–H and O–H groups in total. The molecule has 0 saturated heterocycles. The van der Waals surface area contributed by atoms with E-state index in [0.29, 0.717) is 0 Å². The summed E-state index contributed by atoms with van der Waals surface area (Å²) < 4.78 is 96.4. The minimum Gasteiger partial charge on any atom is -0.395 e. The van der Waals surface area contributed by atoms with E-state index in [2.05, 4.69) is 9.47 Å². The molecule has 0 bridgehead atoms. The number of benzene rings is 1. The maximum Gasteiger partial charge on any atom is 0.586 e. The van der Waals surface area contributed by atoms with Crippen molar-refractivity contribution in [1.82, 2.24) is 0 Å². The Balaban J connectivity index is 2.44. The summed E-state index contributed by atoms with van der Waals surface area (Å²) in [6.07, 6.45) is -10.1. The highest BCUT2D eigenvalue weighted by atomic mass is 19.4. The summed E-state index contributed by atoms with van der Waals surface area (Å²) in [6, 6.07) is -0.299. The van der Waals surface area contributed by atoms with E-state index < -0.39 is 41.5 Å². The summed E-state index contributed by atoms with van der Waals surface area (Å²) in [5.74, 6) is -6.92. The lowest BCUT2D eigenvalue weighted by atomic mass is 9.99. The first-order valence-corrected chi connectivity index (χ1v) is 5.04. The fourth-order valence-electron chi connectivity index (χ4n) is 1.61. The molecule has 1 aliphatic heterocycles. The maximum absolute atomic E-state index is 13.1. The number of ether oxygens (including phenoxy) is 2. The zero-order valence-corrected chi connectivity index (χ0v) is 9.35. The van der Waals surface area contributed by atoms with Gasteiger partial charge in [0.25, 0.3) is 0 Å². The molecule has 0 amide bonds. The Labute approximate surface area is 107 Å². The number of halogens is 7. The lowest BCUT2D eigenvalue weighted by Crippen LogP contribution is -2.46. The van der Waals surface area contributed by atoms with Crippen molar-refractivity contribution < 1.29 is 40.2 Å². The van der Waals surface area contributed by atoms with Crippen LogP contribution in [0, 0.1) is 0 Å². The summed E-state index contributed by atoms with van der Waals surface area (Å²) in [5, 5.41) is 0. The van der Waals surface area contributed by atoms with E-state index in [0.717, 1.165) is 18.2 Å². The normalized spacial score (nSPS) is 19.0. The summed E-state index contributed by atoms with van der Waals surface area (Å²) in [6.45, 7) is 0. The van der Waals surface area contributed by atoms with Crippen molar-refractivity contribution in [1.29, 1.82) is 0 Å². The van der Waals surface area contributed by atoms with Gasteiger partial charge in [0.2, 0.25) is 0 Å². The minimum absolute atomic E-state index is 0.666. The van der Waals surface area contributed by atoms with Gasteiger partial charge in [0.05, 0.1) is 0 Å². The minimum atomic E-state index is -5.93. The zero-order valence-electron chi connectivity index (χ0n) is 9.35. The van der Waals surface area contributed by atoms with Gasteiger partial charge in [-0.05, 0) is 6.07 Å². The number of rotatable bonds is 2. The van der Waals surface area contributed by atoms with Crippen LogP contribution in [0.25, 0.3) is 0 Å². The van der Waals surface area contributed by atoms with Gasteiger partial charge < -0.3 is 15.2 Å². The first-order chi connectivity index (χ1) is 8.96. The van der Waals surface area contributed by atoms with Crippen molar-refractivity contribution in [2.45, 2.75) is 24.4 Å². The Bertz CT molecular complexity index is 529. The standard InChI is InChI=1S/C10H6F7NO2/c11-8(12,9(13,14)15)7(18)4-2-1-3-5-6(4)20-10(16,17)19-5/h1-3,7H,18H2/t7-/m0/s1. The molecular formula is C10H6F7NO2. The van der Waals surface area contributed by atoms with Gasteiger partial charge in [0, 0.05) is 5.56 Å². The molecule has 0 unspecified atom stereocenters. The van der Waals surface area contributed by atoms with Crippen LogP contribution >= 0.6 is 0 Å². The van der Waals surface area contributed by atoms with E-state index in [-0.39, 0.29) is 0 Å². The molecule has 0 spiro atoms. The third-order valence-electron chi connectivity index (χ3n) is 2.56. The fraction of sp³-hybridized carbons (Fsp3) is 0.400. The van der Waals surface area contributed by atoms with E-state index in [4.69, 9.17) is 5.73 Å². The van der Waals surface area contributed by atoms with E-state index in [9.17, 15) is 30.7 Å². The molecule has 1 aliphatic rings. The molecule has 2 rings (SSSR count). The Morgan fingerprint density at radius 2 is 1.65 bits per heavy atom. The third-order valence-corrected chi connectivity index (χ3v) is 2.56. The number of alkyl halides is 7. The lowest BCUT2D eigenvalue weighted by molar-refractivity contribution is -0.293. The van der Waals surface area contributed by atoms with Crippen LogP contribution in [0.1, 0.15) is 11.6 Å². The molecule has 1 aromatic rings. The molecular weight excluding hydrogens is 299 g/mol. The molecule has 1 atom stereocenters. The Morgan fingerprint density at radius 1 is 1.05 bits per heavy atom. The highest BCUT2D eigenvalue weighted by Crippen LogP contribution is 2.50. The van der Waals surface area contributed by atoms with Gasteiger partial charge in [-0.2, -0.15) is 22.0 Å². The molecule has 20 heavy (non-hydrogen) atoms. The van der Waals surface area contributed by atoms with Crippen LogP contribution in [0.15, 0.2) is 18.2 Å². The van der Waals surface area contributed by atoms with Crippen molar-refractivity contribution in [3.05, 3.63) is 23.8 Å². The molecule has 10 heteroatoms. The first-order valence-electron chi connectivity index (χ1n) is 5.04. The van der Waals surface area contributed by atoms with Crippen LogP contribution in [-0.2, 0) is 0 Å². The molecule has 0 radical (unpaired) electrons. The first kappa shape index (κ1) is 14.7. The molecule has 0 aromatic heterocycles. The summed E-state index contributed by atoms with van der Waals surface area (Å²) in [7, 11) is 0. The number of fused-ring (bicyclic) bond motifs is 1. The largest absolute Gasteiger partial charge is 0.586 e. The summed E-state index contributed by atoms with van der Waals surface area (Å²) in [5.41, 5.74) is 3.94. The monoisotopic (exact) mass is 305 g/mol.